The van der Waals surface area contributed by atoms with Crippen LogP contribution in [0.3, 0.4) is 0 Å². The van der Waals surface area contributed by atoms with Crippen LogP contribution in [0.1, 0.15) is 36.0 Å². The first-order valence-corrected chi connectivity index (χ1v) is 8.44. The third-order valence-corrected chi connectivity index (χ3v) is 5.39. The van der Waals surface area contributed by atoms with Crippen LogP contribution in [0.25, 0.3) is 0 Å². The maximum absolute atomic E-state index is 13.8. The van der Waals surface area contributed by atoms with Crippen molar-refractivity contribution in [1.82, 2.24) is 9.80 Å². The highest BCUT2D eigenvalue weighted by atomic mass is 19.1. The molecule has 1 aromatic carbocycles. The van der Waals surface area contributed by atoms with Gasteiger partial charge in [0.2, 0.25) is 0 Å². The summed E-state index contributed by atoms with van der Waals surface area (Å²) in [7, 11) is 1.73. The van der Waals surface area contributed by atoms with E-state index in [0.717, 1.165) is 32.5 Å². The SMILES string of the molecule is COCCN1CCCC12CCN(C(=O)c1ccccc1F)CC2. The molecule has 2 fully saturated rings. The van der Waals surface area contributed by atoms with Crippen LogP contribution >= 0.6 is 0 Å². The molecule has 0 unspecified atom stereocenters. The van der Waals surface area contributed by atoms with Gasteiger partial charge >= 0.3 is 0 Å². The van der Waals surface area contributed by atoms with Gasteiger partial charge in [0, 0.05) is 32.3 Å². The lowest BCUT2D eigenvalue weighted by atomic mass is 9.84. The fourth-order valence-electron chi connectivity index (χ4n) is 4.04. The number of ether oxygens (including phenoxy) is 1. The van der Waals surface area contributed by atoms with Crippen LogP contribution in [0.5, 0.6) is 0 Å². The molecule has 0 bridgehead atoms. The van der Waals surface area contributed by atoms with Crippen molar-refractivity contribution in [2.24, 2.45) is 0 Å². The Labute approximate surface area is 137 Å². The van der Waals surface area contributed by atoms with E-state index in [9.17, 15) is 9.18 Å². The zero-order chi connectivity index (χ0) is 16.3. The monoisotopic (exact) mass is 320 g/mol. The molecule has 1 spiro atoms. The van der Waals surface area contributed by atoms with E-state index in [-0.39, 0.29) is 17.0 Å². The molecule has 0 saturated carbocycles. The van der Waals surface area contributed by atoms with Gasteiger partial charge in [-0.3, -0.25) is 9.69 Å². The lowest BCUT2D eigenvalue weighted by molar-refractivity contribution is 0.0308. The molecule has 1 amide bonds. The first-order valence-electron chi connectivity index (χ1n) is 8.44. The molecule has 4 nitrogen and oxygen atoms in total. The van der Waals surface area contributed by atoms with Gasteiger partial charge in [-0.1, -0.05) is 12.1 Å². The minimum absolute atomic E-state index is 0.181. The number of methoxy groups -OCH3 is 1. The minimum Gasteiger partial charge on any atom is -0.383 e. The molecule has 0 atom stereocenters. The Hall–Kier alpha value is -1.46. The number of hydrogen-bond acceptors (Lipinski definition) is 3. The number of carbonyl (C=O) groups is 1. The molecule has 0 radical (unpaired) electrons. The van der Waals surface area contributed by atoms with Crippen molar-refractivity contribution in [1.29, 1.82) is 0 Å². The standard InChI is InChI=1S/C18H25FN2O2/c1-23-14-13-21-10-4-7-18(21)8-11-20(12-9-18)17(22)15-5-2-3-6-16(15)19/h2-3,5-6H,4,7-14H2,1H3. The van der Waals surface area contributed by atoms with Gasteiger partial charge in [-0.2, -0.15) is 0 Å². The van der Waals surface area contributed by atoms with Gasteiger partial charge in [0.05, 0.1) is 12.2 Å². The highest BCUT2D eigenvalue weighted by Gasteiger charge is 2.43. The number of amides is 1. The summed E-state index contributed by atoms with van der Waals surface area (Å²) in [4.78, 5) is 16.9. The molecule has 2 saturated heterocycles. The van der Waals surface area contributed by atoms with E-state index in [2.05, 4.69) is 4.90 Å². The fraction of sp³-hybridized carbons (Fsp3) is 0.611. The Morgan fingerprint density at radius 2 is 1.96 bits per heavy atom. The zero-order valence-electron chi connectivity index (χ0n) is 13.8. The lowest BCUT2D eigenvalue weighted by Gasteiger charge is -2.45. The third kappa shape index (κ3) is 3.26. The van der Waals surface area contributed by atoms with E-state index >= 15 is 0 Å². The number of likely N-dealkylation sites (tertiary alicyclic amines) is 2. The van der Waals surface area contributed by atoms with Crippen molar-refractivity contribution in [3.63, 3.8) is 0 Å². The Morgan fingerprint density at radius 1 is 1.22 bits per heavy atom. The van der Waals surface area contributed by atoms with Crippen LogP contribution in [0.4, 0.5) is 4.39 Å². The van der Waals surface area contributed by atoms with E-state index in [0.29, 0.717) is 13.1 Å². The quantitative estimate of drug-likeness (QED) is 0.855. The second-order valence-corrected chi connectivity index (χ2v) is 6.58. The van der Waals surface area contributed by atoms with Crippen molar-refractivity contribution in [3.8, 4) is 0 Å². The average Bonchev–Trinajstić information content (AvgIpc) is 2.95. The highest BCUT2D eigenvalue weighted by Crippen LogP contribution is 2.38. The molecule has 0 aliphatic carbocycles. The van der Waals surface area contributed by atoms with Crippen molar-refractivity contribution >= 4 is 5.91 Å². The summed E-state index contributed by atoms with van der Waals surface area (Å²) in [6, 6.07) is 6.25. The third-order valence-electron chi connectivity index (χ3n) is 5.39. The number of nitrogens with zero attached hydrogens (tertiary/aromatic N) is 2. The van der Waals surface area contributed by atoms with Gasteiger partial charge in [-0.25, -0.2) is 4.39 Å². The molecule has 3 rings (SSSR count). The summed E-state index contributed by atoms with van der Waals surface area (Å²) in [6.45, 7) is 4.23. The fourth-order valence-corrected chi connectivity index (χ4v) is 4.04. The van der Waals surface area contributed by atoms with Crippen LogP contribution in [0, 0.1) is 5.82 Å². The molecule has 2 aliphatic heterocycles. The molecular formula is C18H25FN2O2. The second-order valence-electron chi connectivity index (χ2n) is 6.58. The molecule has 1 aromatic rings. The summed E-state index contributed by atoms with van der Waals surface area (Å²) < 4.78 is 19.0. The summed E-state index contributed by atoms with van der Waals surface area (Å²) in [5.41, 5.74) is 0.399. The summed E-state index contributed by atoms with van der Waals surface area (Å²) in [5, 5.41) is 0. The van der Waals surface area contributed by atoms with E-state index in [1.807, 2.05) is 0 Å². The normalized spacial score (nSPS) is 21.0. The van der Waals surface area contributed by atoms with Crippen molar-refractivity contribution < 1.29 is 13.9 Å². The summed E-state index contributed by atoms with van der Waals surface area (Å²) >= 11 is 0. The van der Waals surface area contributed by atoms with Crippen LogP contribution in [-0.4, -0.2) is 61.1 Å². The highest BCUT2D eigenvalue weighted by molar-refractivity contribution is 5.94. The molecule has 126 valence electrons. The number of halogens is 1. The van der Waals surface area contributed by atoms with Crippen LogP contribution in [0.15, 0.2) is 24.3 Å². The number of carbonyl (C=O) groups excluding carboxylic acids is 1. The second kappa shape index (κ2) is 6.97. The first kappa shape index (κ1) is 16.4. The molecule has 0 N–H and O–H groups in total. The zero-order valence-corrected chi connectivity index (χ0v) is 13.8. The largest absolute Gasteiger partial charge is 0.383 e. The summed E-state index contributed by atoms with van der Waals surface area (Å²) in [5.74, 6) is -0.611. The molecule has 0 aromatic heterocycles. The van der Waals surface area contributed by atoms with Crippen molar-refractivity contribution in [2.75, 3.05) is 39.9 Å². The Bertz CT molecular complexity index is 556. The van der Waals surface area contributed by atoms with E-state index in [1.54, 1.807) is 30.2 Å². The van der Waals surface area contributed by atoms with Gasteiger partial charge in [-0.15, -0.1) is 0 Å². The van der Waals surface area contributed by atoms with Crippen molar-refractivity contribution in [2.45, 2.75) is 31.2 Å². The topological polar surface area (TPSA) is 32.8 Å². The maximum atomic E-state index is 13.8. The smallest absolute Gasteiger partial charge is 0.256 e. The van der Waals surface area contributed by atoms with Gasteiger partial charge in [0.1, 0.15) is 5.82 Å². The van der Waals surface area contributed by atoms with Crippen LogP contribution < -0.4 is 0 Å². The molecule has 5 heteroatoms. The van der Waals surface area contributed by atoms with Gasteiger partial charge in [-0.05, 0) is 44.4 Å². The Morgan fingerprint density at radius 3 is 2.65 bits per heavy atom. The molecule has 23 heavy (non-hydrogen) atoms. The van der Waals surface area contributed by atoms with E-state index < -0.39 is 5.82 Å². The Balaban J connectivity index is 1.64. The molecule has 2 heterocycles. The van der Waals surface area contributed by atoms with Crippen LogP contribution in [0.2, 0.25) is 0 Å². The summed E-state index contributed by atoms with van der Waals surface area (Å²) in [6.07, 6.45) is 4.34. The number of rotatable bonds is 4. The minimum atomic E-state index is -0.430. The van der Waals surface area contributed by atoms with E-state index in [4.69, 9.17) is 4.74 Å². The molecule has 2 aliphatic rings. The van der Waals surface area contributed by atoms with Gasteiger partial charge < -0.3 is 9.64 Å². The van der Waals surface area contributed by atoms with Crippen LogP contribution in [-0.2, 0) is 4.74 Å². The number of hydrogen-bond donors (Lipinski definition) is 0. The first-order chi connectivity index (χ1) is 11.2. The number of piperidine rings is 1. The van der Waals surface area contributed by atoms with Gasteiger partial charge in [0.25, 0.3) is 5.91 Å². The average molecular weight is 320 g/mol. The maximum Gasteiger partial charge on any atom is 0.256 e. The number of benzene rings is 1. The van der Waals surface area contributed by atoms with Gasteiger partial charge in [0.15, 0.2) is 0 Å². The van der Waals surface area contributed by atoms with Crippen molar-refractivity contribution in [3.05, 3.63) is 35.6 Å². The van der Waals surface area contributed by atoms with E-state index in [1.165, 1.54) is 18.9 Å². The predicted octanol–water partition coefficient (Wildman–Crippen LogP) is 2.54. The Kier molecular flexibility index (Phi) is 4.97. The lowest BCUT2D eigenvalue weighted by Crippen LogP contribution is -2.53. The molecular weight excluding hydrogens is 295 g/mol. The predicted molar refractivity (Wildman–Crippen MR) is 87.0 cm³/mol.